The molecule has 1 aliphatic rings. The highest BCUT2D eigenvalue weighted by Gasteiger charge is 2.51. The lowest BCUT2D eigenvalue weighted by molar-refractivity contribution is 0.857. The van der Waals surface area contributed by atoms with Crippen molar-refractivity contribution in [1.82, 2.24) is 0 Å². The Labute approximate surface area is 163 Å². The first kappa shape index (κ1) is 21.2. The summed E-state index contributed by atoms with van der Waals surface area (Å²) in [5.74, 6) is 0. The molecule has 0 heterocycles. The first-order valence-corrected chi connectivity index (χ1v) is 12.8. The number of allylic oxidation sites excluding steroid dienone is 4. The molecule has 1 aromatic rings. The molecule has 0 atom stereocenters. The second-order valence-electron chi connectivity index (χ2n) is 9.04. The molecule has 0 saturated carbocycles. The van der Waals surface area contributed by atoms with E-state index in [4.69, 9.17) is 0 Å². The monoisotopic (exact) mass is 368 g/mol. The van der Waals surface area contributed by atoms with E-state index in [1.54, 1.807) is 27.5 Å². The van der Waals surface area contributed by atoms with Crippen LogP contribution in [0.3, 0.4) is 0 Å². The zero-order chi connectivity index (χ0) is 19.8. The van der Waals surface area contributed by atoms with Gasteiger partial charge in [-0.15, -0.1) is 0 Å². The van der Waals surface area contributed by atoms with Gasteiger partial charge in [-0.3, -0.25) is 0 Å². The molecule has 26 heavy (non-hydrogen) atoms. The smallest absolute Gasteiger partial charge is 0.0653 e. The van der Waals surface area contributed by atoms with Crippen LogP contribution in [0.15, 0.2) is 40.5 Å². The van der Waals surface area contributed by atoms with E-state index in [1.165, 1.54) is 11.1 Å². The van der Waals surface area contributed by atoms with Gasteiger partial charge in [-0.05, 0) is 73.9 Å². The van der Waals surface area contributed by atoms with Crippen molar-refractivity contribution < 1.29 is 0 Å². The maximum atomic E-state index is 2.58. The van der Waals surface area contributed by atoms with E-state index in [9.17, 15) is 0 Å². The minimum atomic E-state index is -1.81. The summed E-state index contributed by atoms with van der Waals surface area (Å²) >= 11 is 0. The standard InChI is InChI=1S/C25H40Si/c1-11-22-13-23(12-2)15-24(14-22)26(16(3)4,17(5)6)25-20(9)18(7)19(8)21(25)10/h13-17,25H,11-12H2,1-10H3. The summed E-state index contributed by atoms with van der Waals surface area (Å²) in [5.41, 5.74) is 11.5. The molecule has 144 valence electrons. The second-order valence-corrected chi connectivity index (χ2v) is 14.4. The van der Waals surface area contributed by atoms with Crippen LogP contribution >= 0.6 is 0 Å². The minimum Gasteiger partial charge on any atom is -0.0653 e. The van der Waals surface area contributed by atoms with Gasteiger partial charge < -0.3 is 0 Å². The SMILES string of the molecule is CCc1cc(CC)cc([Si](C(C)C)(C(C)C)C2C(C)=C(C)C(C)=C2C)c1. The Hall–Kier alpha value is -1.08. The number of aryl methyl sites for hydroxylation is 2. The summed E-state index contributed by atoms with van der Waals surface area (Å²) in [6.07, 6.45) is 2.27. The molecule has 1 aromatic carbocycles. The van der Waals surface area contributed by atoms with Gasteiger partial charge in [-0.25, -0.2) is 0 Å². The van der Waals surface area contributed by atoms with E-state index in [2.05, 4.69) is 87.4 Å². The molecule has 1 heteroatoms. The molecular formula is C25H40Si. The molecule has 2 rings (SSSR count). The number of hydrogen-bond acceptors (Lipinski definition) is 0. The van der Waals surface area contributed by atoms with Crippen molar-refractivity contribution in [2.45, 2.75) is 98.7 Å². The van der Waals surface area contributed by atoms with Gasteiger partial charge >= 0.3 is 0 Å². The molecule has 0 unspecified atom stereocenters. The van der Waals surface area contributed by atoms with Crippen molar-refractivity contribution in [2.75, 3.05) is 0 Å². The van der Waals surface area contributed by atoms with E-state index in [0.29, 0.717) is 16.6 Å². The molecule has 0 saturated heterocycles. The van der Waals surface area contributed by atoms with Gasteiger partial charge in [0.15, 0.2) is 0 Å². The van der Waals surface area contributed by atoms with Gasteiger partial charge in [0, 0.05) is 5.54 Å². The fraction of sp³-hybridized carbons (Fsp3) is 0.600. The highest BCUT2D eigenvalue weighted by atomic mass is 28.3. The van der Waals surface area contributed by atoms with E-state index in [1.807, 2.05) is 0 Å². The Morgan fingerprint density at radius 2 is 1.12 bits per heavy atom. The lowest BCUT2D eigenvalue weighted by Gasteiger charge is -2.47. The van der Waals surface area contributed by atoms with Gasteiger partial charge in [0.05, 0.1) is 0 Å². The Balaban J connectivity index is 2.85. The van der Waals surface area contributed by atoms with Gasteiger partial charge in [-0.1, -0.05) is 76.1 Å². The summed E-state index contributed by atoms with van der Waals surface area (Å²) in [6, 6.07) is 7.59. The predicted octanol–water partition coefficient (Wildman–Crippen LogP) is 7.34. The number of rotatable bonds is 6. The van der Waals surface area contributed by atoms with Crippen LogP contribution in [0, 0.1) is 0 Å². The van der Waals surface area contributed by atoms with Crippen LogP contribution in [-0.4, -0.2) is 8.07 Å². The molecule has 0 amide bonds. The van der Waals surface area contributed by atoms with Crippen molar-refractivity contribution in [3.63, 3.8) is 0 Å². The van der Waals surface area contributed by atoms with Gasteiger partial charge in [0.1, 0.15) is 8.07 Å². The number of benzene rings is 1. The number of hydrogen-bond donors (Lipinski definition) is 0. The van der Waals surface area contributed by atoms with Gasteiger partial charge in [0.2, 0.25) is 0 Å². The molecular weight excluding hydrogens is 328 g/mol. The third-order valence-electron chi connectivity index (χ3n) is 7.37. The minimum absolute atomic E-state index is 0.652. The largest absolute Gasteiger partial charge is 0.103 e. The molecule has 0 bridgehead atoms. The maximum absolute atomic E-state index is 2.58. The zero-order valence-corrected chi connectivity index (χ0v) is 19.9. The van der Waals surface area contributed by atoms with Crippen molar-refractivity contribution >= 4 is 13.3 Å². The van der Waals surface area contributed by atoms with Crippen LogP contribution in [0.1, 0.15) is 80.4 Å². The second kappa shape index (κ2) is 7.88. The molecule has 0 nitrogen and oxygen atoms in total. The topological polar surface area (TPSA) is 0 Å². The summed E-state index contributed by atoms with van der Waals surface area (Å²) in [4.78, 5) is 0. The molecule has 0 spiro atoms. The van der Waals surface area contributed by atoms with Crippen molar-refractivity contribution in [3.8, 4) is 0 Å². The molecule has 0 N–H and O–H groups in total. The average molecular weight is 369 g/mol. The maximum Gasteiger partial charge on any atom is 0.103 e. The van der Waals surface area contributed by atoms with Crippen LogP contribution in [0.2, 0.25) is 16.6 Å². The molecule has 0 aromatic heterocycles. The third-order valence-corrected chi connectivity index (χ3v) is 14.3. The fourth-order valence-electron chi connectivity index (χ4n) is 5.65. The van der Waals surface area contributed by atoms with E-state index < -0.39 is 8.07 Å². The Morgan fingerprint density at radius 1 is 0.731 bits per heavy atom. The first-order valence-electron chi connectivity index (χ1n) is 10.6. The molecule has 0 radical (unpaired) electrons. The van der Waals surface area contributed by atoms with Crippen LogP contribution in [0.25, 0.3) is 0 Å². The Kier molecular flexibility index (Phi) is 6.43. The quantitative estimate of drug-likeness (QED) is 0.461. The zero-order valence-electron chi connectivity index (χ0n) is 18.9. The van der Waals surface area contributed by atoms with E-state index >= 15 is 0 Å². The van der Waals surface area contributed by atoms with E-state index in [-0.39, 0.29) is 0 Å². The van der Waals surface area contributed by atoms with Crippen LogP contribution in [-0.2, 0) is 12.8 Å². The molecule has 0 fully saturated rings. The third kappa shape index (κ3) is 3.17. The Bertz CT molecular complexity index is 676. The normalized spacial score (nSPS) is 16.6. The van der Waals surface area contributed by atoms with E-state index in [0.717, 1.165) is 12.8 Å². The average Bonchev–Trinajstić information content (AvgIpc) is 2.79. The summed E-state index contributed by atoms with van der Waals surface area (Å²) in [7, 11) is -1.81. The van der Waals surface area contributed by atoms with Gasteiger partial charge in [-0.2, -0.15) is 0 Å². The van der Waals surface area contributed by atoms with Crippen LogP contribution in [0.4, 0.5) is 0 Å². The van der Waals surface area contributed by atoms with Crippen LogP contribution in [0.5, 0.6) is 0 Å². The predicted molar refractivity (Wildman–Crippen MR) is 121 cm³/mol. The lowest BCUT2D eigenvalue weighted by atomic mass is 10.1. The summed E-state index contributed by atoms with van der Waals surface area (Å²) in [5, 5.41) is 1.70. The highest BCUT2D eigenvalue weighted by molar-refractivity contribution is 6.96. The van der Waals surface area contributed by atoms with Crippen molar-refractivity contribution in [2.24, 2.45) is 0 Å². The molecule has 0 aliphatic heterocycles. The fourth-order valence-corrected chi connectivity index (χ4v) is 12.7. The lowest BCUT2D eigenvalue weighted by Crippen LogP contribution is -2.57. The summed E-state index contributed by atoms with van der Waals surface area (Å²) in [6.45, 7) is 24.1. The molecule has 1 aliphatic carbocycles. The summed E-state index contributed by atoms with van der Waals surface area (Å²) < 4.78 is 0. The van der Waals surface area contributed by atoms with Crippen LogP contribution < -0.4 is 5.19 Å². The highest BCUT2D eigenvalue weighted by Crippen LogP contribution is 2.53. The Morgan fingerprint density at radius 3 is 1.42 bits per heavy atom. The van der Waals surface area contributed by atoms with Crippen molar-refractivity contribution in [3.05, 3.63) is 51.6 Å². The van der Waals surface area contributed by atoms with Gasteiger partial charge in [0.25, 0.3) is 0 Å². The van der Waals surface area contributed by atoms with Crippen molar-refractivity contribution in [1.29, 1.82) is 0 Å². The first-order chi connectivity index (χ1) is 12.1.